The van der Waals surface area contributed by atoms with Crippen molar-refractivity contribution < 1.29 is 19.1 Å². The summed E-state index contributed by atoms with van der Waals surface area (Å²) in [5.74, 6) is 2.47. The highest BCUT2D eigenvalue weighted by molar-refractivity contribution is 7.99. The third-order valence-corrected chi connectivity index (χ3v) is 4.88. The number of rotatable bonds is 4. The quantitative estimate of drug-likeness (QED) is 0.904. The summed E-state index contributed by atoms with van der Waals surface area (Å²) in [5, 5.41) is 2.91. The first-order valence-electron chi connectivity index (χ1n) is 7.60. The van der Waals surface area contributed by atoms with Crippen LogP contribution in [-0.4, -0.2) is 41.2 Å². The molecule has 1 aromatic rings. The van der Waals surface area contributed by atoms with Gasteiger partial charge >= 0.3 is 0 Å². The monoisotopic (exact) mass is 336 g/mol. The van der Waals surface area contributed by atoms with Crippen molar-refractivity contribution in [3.63, 3.8) is 0 Å². The summed E-state index contributed by atoms with van der Waals surface area (Å²) < 4.78 is 10.6. The van der Waals surface area contributed by atoms with Crippen LogP contribution in [0.1, 0.15) is 19.4 Å². The van der Waals surface area contributed by atoms with E-state index < -0.39 is 0 Å². The Balaban J connectivity index is 1.59. The van der Waals surface area contributed by atoms with Gasteiger partial charge in [0.05, 0.1) is 5.88 Å². The number of carbonyl (C=O) groups is 2. The van der Waals surface area contributed by atoms with E-state index in [1.165, 1.54) is 0 Å². The Labute approximate surface area is 139 Å². The molecule has 0 spiro atoms. The van der Waals surface area contributed by atoms with Gasteiger partial charge in [-0.3, -0.25) is 9.59 Å². The Morgan fingerprint density at radius 3 is 2.91 bits per heavy atom. The minimum atomic E-state index is -0.385. The number of ether oxygens (including phenoxy) is 2. The minimum Gasteiger partial charge on any atom is -0.454 e. The molecule has 2 heterocycles. The van der Waals surface area contributed by atoms with Crippen LogP contribution in [0, 0.1) is 5.92 Å². The van der Waals surface area contributed by atoms with Crippen LogP contribution in [0.3, 0.4) is 0 Å². The van der Waals surface area contributed by atoms with Crippen molar-refractivity contribution in [2.75, 3.05) is 18.4 Å². The summed E-state index contributed by atoms with van der Waals surface area (Å²) in [6.45, 7) is 4.34. The topological polar surface area (TPSA) is 67.9 Å². The van der Waals surface area contributed by atoms with Gasteiger partial charge in [-0.25, -0.2) is 0 Å². The number of thioether (sulfide) groups is 1. The smallest absolute Gasteiger partial charge is 0.243 e. The maximum absolute atomic E-state index is 12.4. The number of nitrogens with one attached hydrogen (secondary N) is 1. The normalized spacial score (nSPS) is 19.3. The van der Waals surface area contributed by atoms with E-state index in [2.05, 4.69) is 5.32 Å². The standard InChI is InChI=1S/C16H20N2O4S/c1-10(2)16(20)18-8-23-7-12(18)15(19)17-6-11-3-4-13-14(5-11)22-9-21-13/h3-5,10,12H,6-9H2,1-2H3,(H,17,19). The highest BCUT2D eigenvalue weighted by Gasteiger charge is 2.35. The molecule has 0 radical (unpaired) electrons. The van der Waals surface area contributed by atoms with E-state index in [1.54, 1.807) is 16.7 Å². The molecular weight excluding hydrogens is 316 g/mol. The molecule has 23 heavy (non-hydrogen) atoms. The average Bonchev–Trinajstić information content (AvgIpc) is 3.19. The molecule has 0 aromatic heterocycles. The van der Waals surface area contributed by atoms with Gasteiger partial charge in [0, 0.05) is 18.2 Å². The van der Waals surface area contributed by atoms with Crippen LogP contribution in [-0.2, 0) is 16.1 Å². The van der Waals surface area contributed by atoms with E-state index in [0.717, 1.165) is 11.3 Å². The van der Waals surface area contributed by atoms with Crippen molar-refractivity contribution in [1.29, 1.82) is 0 Å². The summed E-state index contributed by atoms with van der Waals surface area (Å²) in [6.07, 6.45) is 0. The SMILES string of the molecule is CC(C)C(=O)N1CSCC1C(=O)NCc1ccc2c(c1)OCO2. The fourth-order valence-corrected chi connectivity index (χ4v) is 3.73. The number of carbonyl (C=O) groups excluding carboxylic acids is 2. The Morgan fingerprint density at radius 2 is 2.13 bits per heavy atom. The summed E-state index contributed by atoms with van der Waals surface area (Å²) >= 11 is 1.61. The van der Waals surface area contributed by atoms with Gasteiger partial charge in [-0.1, -0.05) is 19.9 Å². The molecule has 1 aromatic carbocycles. The Kier molecular flexibility index (Phi) is 4.66. The molecule has 124 valence electrons. The van der Waals surface area contributed by atoms with Gasteiger partial charge in [0.15, 0.2) is 11.5 Å². The summed E-state index contributed by atoms with van der Waals surface area (Å²) in [4.78, 5) is 26.3. The molecule has 2 amide bonds. The largest absolute Gasteiger partial charge is 0.454 e. The number of hydrogen-bond acceptors (Lipinski definition) is 5. The maximum atomic E-state index is 12.4. The van der Waals surface area contributed by atoms with E-state index in [0.29, 0.717) is 23.9 Å². The van der Waals surface area contributed by atoms with Crippen LogP contribution in [0.4, 0.5) is 0 Å². The minimum absolute atomic E-state index is 0.0261. The fourth-order valence-electron chi connectivity index (χ4n) is 2.57. The fraction of sp³-hybridized carbons (Fsp3) is 0.500. The first kappa shape index (κ1) is 16.0. The van der Waals surface area contributed by atoms with Crippen LogP contribution in [0.2, 0.25) is 0 Å². The summed E-state index contributed by atoms with van der Waals surface area (Å²) in [7, 11) is 0. The van der Waals surface area contributed by atoms with Crippen molar-refractivity contribution in [1.82, 2.24) is 10.2 Å². The van der Waals surface area contributed by atoms with E-state index in [9.17, 15) is 9.59 Å². The maximum Gasteiger partial charge on any atom is 0.243 e. The molecule has 0 aliphatic carbocycles. The predicted molar refractivity (Wildman–Crippen MR) is 87.2 cm³/mol. The van der Waals surface area contributed by atoms with Crippen LogP contribution in [0.15, 0.2) is 18.2 Å². The first-order chi connectivity index (χ1) is 11.1. The predicted octanol–water partition coefficient (Wildman–Crippen LogP) is 1.59. The van der Waals surface area contributed by atoms with Gasteiger partial charge in [-0.2, -0.15) is 0 Å². The van der Waals surface area contributed by atoms with Crippen molar-refractivity contribution in [2.45, 2.75) is 26.4 Å². The zero-order valence-electron chi connectivity index (χ0n) is 13.2. The molecule has 2 aliphatic heterocycles. The van der Waals surface area contributed by atoms with Gasteiger partial charge in [0.25, 0.3) is 0 Å². The van der Waals surface area contributed by atoms with Gasteiger partial charge in [-0.15, -0.1) is 11.8 Å². The molecule has 1 fully saturated rings. The van der Waals surface area contributed by atoms with E-state index in [-0.39, 0.29) is 30.6 Å². The number of hydrogen-bond donors (Lipinski definition) is 1. The zero-order valence-corrected chi connectivity index (χ0v) is 14.0. The molecular formula is C16H20N2O4S. The summed E-state index contributed by atoms with van der Waals surface area (Å²) in [5.41, 5.74) is 0.940. The van der Waals surface area contributed by atoms with E-state index in [1.807, 2.05) is 32.0 Å². The van der Waals surface area contributed by atoms with Gasteiger partial charge < -0.3 is 19.7 Å². The molecule has 1 atom stereocenters. The highest BCUT2D eigenvalue weighted by Crippen LogP contribution is 2.32. The Bertz CT molecular complexity index is 620. The lowest BCUT2D eigenvalue weighted by Crippen LogP contribution is -2.48. The van der Waals surface area contributed by atoms with Crippen molar-refractivity contribution >= 4 is 23.6 Å². The van der Waals surface area contributed by atoms with Crippen molar-refractivity contribution in [2.24, 2.45) is 5.92 Å². The third kappa shape index (κ3) is 3.39. The highest BCUT2D eigenvalue weighted by atomic mass is 32.2. The van der Waals surface area contributed by atoms with Crippen LogP contribution in [0.5, 0.6) is 11.5 Å². The second-order valence-corrected chi connectivity index (χ2v) is 6.88. The zero-order chi connectivity index (χ0) is 16.4. The van der Waals surface area contributed by atoms with Crippen molar-refractivity contribution in [3.05, 3.63) is 23.8 Å². The summed E-state index contributed by atoms with van der Waals surface area (Å²) in [6, 6.07) is 5.21. The Hall–Kier alpha value is -1.89. The molecule has 1 saturated heterocycles. The van der Waals surface area contributed by atoms with Crippen LogP contribution < -0.4 is 14.8 Å². The molecule has 0 bridgehead atoms. The van der Waals surface area contributed by atoms with Gasteiger partial charge in [-0.05, 0) is 17.7 Å². The molecule has 3 rings (SSSR count). The van der Waals surface area contributed by atoms with E-state index >= 15 is 0 Å². The number of amides is 2. The number of fused-ring (bicyclic) bond motifs is 1. The molecule has 7 heteroatoms. The van der Waals surface area contributed by atoms with Gasteiger partial charge in [0.1, 0.15) is 6.04 Å². The van der Waals surface area contributed by atoms with Crippen LogP contribution in [0.25, 0.3) is 0 Å². The second kappa shape index (κ2) is 6.70. The molecule has 6 nitrogen and oxygen atoms in total. The van der Waals surface area contributed by atoms with Crippen molar-refractivity contribution in [3.8, 4) is 11.5 Å². The first-order valence-corrected chi connectivity index (χ1v) is 8.76. The Morgan fingerprint density at radius 1 is 1.35 bits per heavy atom. The lowest BCUT2D eigenvalue weighted by Gasteiger charge is -2.24. The molecule has 2 aliphatic rings. The van der Waals surface area contributed by atoms with E-state index in [4.69, 9.17) is 9.47 Å². The third-order valence-electron chi connectivity index (χ3n) is 3.87. The van der Waals surface area contributed by atoms with Gasteiger partial charge in [0.2, 0.25) is 18.6 Å². The lowest BCUT2D eigenvalue weighted by molar-refractivity contribution is -0.140. The van der Waals surface area contributed by atoms with Crippen LogP contribution >= 0.6 is 11.8 Å². The number of nitrogens with zero attached hydrogens (tertiary/aromatic N) is 1. The molecule has 0 saturated carbocycles. The molecule has 1 N–H and O–H groups in total. The average molecular weight is 336 g/mol. The molecule has 1 unspecified atom stereocenters. The number of benzene rings is 1. The second-order valence-electron chi connectivity index (χ2n) is 5.88. The lowest BCUT2D eigenvalue weighted by atomic mass is 10.1.